The Labute approximate surface area is 143 Å². The van der Waals surface area contributed by atoms with Crippen molar-refractivity contribution in [2.45, 2.75) is 50.9 Å². The van der Waals surface area contributed by atoms with Crippen molar-refractivity contribution in [2.24, 2.45) is 0 Å². The molecule has 3 atom stereocenters. The first-order valence-corrected chi connectivity index (χ1v) is 8.71. The molecule has 1 N–H and O–H groups in total. The number of likely N-dealkylation sites (tertiary alicyclic amines) is 1. The molecular weight excluding hydrogens is 362 g/mol. The quantitative estimate of drug-likeness (QED) is 0.873. The van der Waals surface area contributed by atoms with Gasteiger partial charge in [0.15, 0.2) is 6.10 Å². The van der Waals surface area contributed by atoms with Crippen LogP contribution < -0.4 is 0 Å². The molecule has 2 aliphatic rings. The smallest absolute Gasteiger partial charge is 0.332 e. The number of aliphatic carboxylic acids is 1. The molecule has 0 aromatic heterocycles. The maximum absolute atomic E-state index is 12.8. The predicted octanol–water partition coefficient (Wildman–Crippen LogP) is 3.05. The number of carboxylic acid groups (broad SMARTS) is 1. The highest BCUT2D eigenvalue weighted by molar-refractivity contribution is 9.10. The summed E-state index contributed by atoms with van der Waals surface area (Å²) < 4.78 is 6.48. The molecule has 0 bridgehead atoms. The largest absolute Gasteiger partial charge is 0.479 e. The van der Waals surface area contributed by atoms with Crippen LogP contribution in [0.2, 0.25) is 0 Å². The van der Waals surface area contributed by atoms with Gasteiger partial charge >= 0.3 is 5.97 Å². The molecule has 3 rings (SSSR count). The number of aryl methyl sites for hydroxylation is 1. The third-order valence-corrected chi connectivity index (χ3v) is 5.56. The van der Waals surface area contributed by atoms with Crippen LogP contribution in [0.5, 0.6) is 0 Å². The molecule has 6 heteroatoms. The number of benzene rings is 1. The van der Waals surface area contributed by atoms with Gasteiger partial charge in [-0.1, -0.05) is 28.1 Å². The zero-order valence-corrected chi connectivity index (χ0v) is 14.6. The highest BCUT2D eigenvalue weighted by atomic mass is 79.9. The van der Waals surface area contributed by atoms with E-state index < -0.39 is 18.2 Å². The van der Waals surface area contributed by atoms with E-state index in [1.807, 2.05) is 24.0 Å². The minimum Gasteiger partial charge on any atom is -0.479 e. The lowest BCUT2D eigenvalue weighted by Crippen LogP contribution is -2.39. The molecule has 0 spiro atoms. The van der Waals surface area contributed by atoms with E-state index >= 15 is 0 Å². The zero-order valence-electron chi connectivity index (χ0n) is 13.0. The Morgan fingerprint density at radius 2 is 2.00 bits per heavy atom. The van der Waals surface area contributed by atoms with Gasteiger partial charge in [-0.25, -0.2) is 4.79 Å². The number of hydrogen-bond acceptors (Lipinski definition) is 3. The van der Waals surface area contributed by atoms with Crippen LogP contribution in [0.4, 0.5) is 0 Å². The molecule has 1 aromatic rings. The number of nitrogens with zero attached hydrogens (tertiary/aromatic N) is 1. The molecule has 2 saturated heterocycles. The highest BCUT2D eigenvalue weighted by Crippen LogP contribution is 2.35. The average Bonchev–Trinajstić information content (AvgIpc) is 3.18. The topological polar surface area (TPSA) is 66.8 Å². The zero-order chi connectivity index (χ0) is 16.6. The second-order valence-electron chi connectivity index (χ2n) is 6.23. The monoisotopic (exact) mass is 381 g/mol. The lowest BCUT2D eigenvalue weighted by Gasteiger charge is -2.28. The molecule has 0 aliphatic carbocycles. The minimum atomic E-state index is -0.984. The van der Waals surface area contributed by atoms with E-state index in [1.165, 1.54) is 0 Å². The van der Waals surface area contributed by atoms with Gasteiger partial charge in [-0.2, -0.15) is 0 Å². The van der Waals surface area contributed by atoms with Crippen molar-refractivity contribution < 1.29 is 19.4 Å². The molecule has 0 saturated carbocycles. The summed E-state index contributed by atoms with van der Waals surface area (Å²) in [5, 5.41) is 9.01. The van der Waals surface area contributed by atoms with Gasteiger partial charge < -0.3 is 14.7 Å². The van der Waals surface area contributed by atoms with Crippen molar-refractivity contribution >= 4 is 27.8 Å². The van der Waals surface area contributed by atoms with Crippen molar-refractivity contribution in [2.75, 3.05) is 6.54 Å². The second-order valence-corrected chi connectivity index (χ2v) is 7.08. The maximum atomic E-state index is 12.8. The summed E-state index contributed by atoms with van der Waals surface area (Å²) in [5.41, 5.74) is 2.27. The maximum Gasteiger partial charge on any atom is 0.332 e. The van der Waals surface area contributed by atoms with Gasteiger partial charge in [0.05, 0.1) is 6.04 Å². The summed E-state index contributed by atoms with van der Waals surface area (Å²) in [5.74, 6) is -1.06. The summed E-state index contributed by atoms with van der Waals surface area (Å²) in [6, 6.07) is 6.22. The third-order valence-electron chi connectivity index (χ3n) is 4.67. The van der Waals surface area contributed by atoms with E-state index in [4.69, 9.17) is 9.84 Å². The molecule has 1 aromatic carbocycles. The number of carbonyl (C=O) groups is 2. The summed E-state index contributed by atoms with van der Waals surface area (Å²) in [6.07, 6.45) is 1.32. The number of carbonyl (C=O) groups excluding carboxylic acids is 1. The van der Waals surface area contributed by atoms with E-state index in [0.29, 0.717) is 19.4 Å². The van der Waals surface area contributed by atoms with Crippen LogP contribution in [0.15, 0.2) is 22.7 Å². The molecule has 2 aliphatic heterocycles. The number of ether oxygens (including phenoxy) is 1. The van der Waals surface area contributed by atoms with Gasteiger partial charge in [0, 0.05) is 11.0 Å². The normalized spacial score (nSPS) is 27.4. The molecular formula is C17H20BrNO4. The fraction of sp³-hybridized carbons (Fsp3) is 0.529. The van der Waals surface area contributed by atoms with Crippen molar-refractivity contribution in [3.63, 3.8) is 0 Å². The van der Waals surface area contributed by atoms with Crippen molar-refractivity contribution in [3.8, 4) is 0 Å². The van der Waals surface area contributed by atoms with Crippen molar-refractivity contribution in [1.82, 2.24) is 4.90 Å². The molecule has 5 nitrogen and oxygen atoms in total. The van der Waals surface area contributed by atoms with Crippen LogP contribution in [0, 0.1) is 6.92 Å². The number of amides is 1. The summed E-state index contributed by atoms with van der Waals surface area (Å²) in [6.45, 7) is 2.74. The standard InChI is InChI=1S/C17H20BrNO4/c1-10-9-11(4-5-12(10)18)13-3-2-8-19(13)16(20)14-6-7-15(23-14)17(21)22/h4-5,9,13-15H,2-3,6-8H2,1H3,(H,21,22)/t13?,14-,15+/m0/s1. The van der Waals surface area contributed by atoms with Gasteiger partial charge in [0.2, 0.25) is 0 Å². The third kappa shape index (κ3) is 3.28. The Hall–Kier alpha value is -1.40. The molecule has 1 amide bonds. The summed E-state index contributed by atoms with van der Waals surface area (Å²) >= 11 is 3.50. The first-order chi connectivity index (χ1) is 11.0. The lowest BCUT2D eigenvalue weighted by molar-refractivity contribution is -0.155. The first kappa shape index (κ1) is 16.5. The first-order valence-electron chi connectivity index (χ1n) is 7.92. The Kier molecular flexibility index (Phi) is 4.73. The Morgan fingerprint density at radius 1 is 1.26 bits per heavy atom. The van der Waals surface area contributed by atoms with Crippen LogP contribution in [0.1, 0.15) is 42.9 Å². The minimum absolute atomic E-state index is 0.0572. The van der Waals surface area contributed by atoms with E-state index in [9.17, 15) is 9.59 Å². The highest BCUT2D eigenvalue weighted by Gasteiger charge is 2.40. The summed E-state index contributed by atoms with van der Waals surface area (Å²) in [4.78, 5) is 25.6. The SMILES string of the molecule is Cc1cc(C2CCCN2C(=O)[C@@H]2CC[C@H](C(=O)O)O2)ccc1Br. The predicted molar refractivity (Wildman–Crippen MR) is 88.1 cm³/mol. The number of carboxylic acids is 1. The Morgan fingerprint density at radius 3 is 2.65 bits per heavy atom. The Bertz CT molecular complexity index is 633. The van der Waals surface area contributed by atoms with Crippen LogP contribution >= 0.6 is 15.9 Å². The van der Waals surface area contributed by atoms with Crippen LogP contribution in [-0.4, -0.2) is 40.6 Å². The van der Waals surface area contributed by atoms with Gasteiger partial charge in [0.25, 0.3) is 5.91 Å². The van der Waals surface area contributed by atoms with Gasteiger partial charge in [0.1, 0.15) is 6.10 Å². The van der Waals surface area contributed by atoms with Crippen molar-refractivity contribution in [1.29, 1.82) is 0 Å². The van der Waals surface area contributed by atoms with E-state index in [0.717, 1.165) is 28.4 Å². The van der Waals surface area contributed by atoms with E-state index in [-0.39, 0.29) is 11.9 Å². The van der Waals surface area contributed by atoms with Crippen LogP contribution in [0.3, 0.4) is 0 Å². The molecule has 0 radical (unpaired) electrons. The summed E-state index contributed by atoms with van der Waals surface area (Å²) in [7, 11) is 0. The molecule has 124 valence electrons. The molecule has 1 unspecified atom stereocenters. The van der Waals surface area contributed by atoms with Crippen LogP contribution in [0.25, 0.3) is 0 Å². The average molecular weight is 382 g/mol. The fourth-order valence-electron chi connectivity index (χ4n) is 3.44. The van der Waals surface area contributed by atoms with Gasteiger partial charge in [-0.3, -0.25) is 4.79 Å². The number of hydrogen-bond donors (Lipinski definition) is 1. The number of rotatable bonds is 3. The van der Waals surface area contributed by atoms with E-state index in [1.54, 1.807) is 0 Å². The number of halogens is 1. The van der Waals surface area contributed by atoms with E-state index in [2.05, 4.69) is 22.0 Å². The Balaban J connectivity index is 1.75. The van der Waals surface area contributed by atoms with Crippen molar-refractivity contribution in [3.05, 3.63) is 33.8 Å². The van der Waals surface area contributed by atoms with Gasteiger partial charge in [-0.05, 0) is 49.8 Å². The molecule has 23 heavy (non-hydrogen) atoms. The van der Waals surface area contributed by atoms with Gasteiger partial charge in [-0.15, -0.1) is 0 Å². The molecule has 2 heterocycles. The lowest BCUT2D eigenvalue weighted by atomic mass is 10.0. The van der Waals surface area contributed by atoms with Crippen LogP contribution in [-0.2, 0) is 14.3 Å². The second kappa shape index (κ2) is 6.61. The molecule has 2 fully saturated rings. The fourth-order valence-corrected chi connectivity index (χ4v) is 3.68.